The van der Waals surface area contributed by atoms with E-state index in [4.69, 9.17) is 4.74 Å². The summed E-state index contributed by atoms with van der Waals surface area (Å²) < 4.78 is 5.38. The van der Waals surface area contributed by atoms with Gasteiger partial charge >= 0.3 is 6.09 Å². The molecule has 0 aromatic heterocycles. The molecule has 2 atom stereocenters. The van der Waals surface area contributed by atoms with Crippen LogP contribution in [0.25, 0.3) is 0 Å². The molecule has 0 saturated carbocycles. The van der Waals surface area contributed by atoms with Crippen molar-refractivity contribution in [1.82, 2.24) is 15.5 Å². The molecule has 3 amide bonds. The summed E-state index contributed by atoms with van der Waals surface area (Å²) >= 11 is 0. The molecule has 0 aliphatic heterocycles. The van der Waals surface area contributed by atoms with Gasteiger partial charge in [-0.1, -0.05) is 87.6 Å². The molecule has 2 unspecified atom stereocenters. The number of carbonyl (C=O) groups is 3. The number of carbonyl (C=O) groups excluding carboxylic acids is 3. The van der Waals surface area contributed by atoms with Crippen molar-refractivity contribution in [3.05, 3.63) is 70.8 Å². The van der Waals surface area contributed by atoms with Crippen LogP contribution in [0.2, 0.25) is 0 Å². The second-order valence-corrected chi connectivity index (χ2v) is 11.6. The number of nitrogens with one attached hydrogen (secondary N) is 2. The summed E-state index contributed by atoms with van der Waals surface area (Å²) in [4.78, 5) is 41.9. The SMILES string of the molecule is CCCCCCCCN(C(=O)C(C)NC(=O)OC(C)(C)C)C(C(=O)NCc1ccccc1)c1ccc(C)c(C)c1. The number of benzene rings is 2. The van der Waals surface area contributed by atoms with Crippen molar-refractivity contribution in [3.63, 3.8) is 0 Å². The quantitative estimate of drug-likeness (QED) is 0.254. The van der Waals surface area contributed by atoms with Crippen molar-refractivity contribution < 1.29 is 19.1 Å². The average molecular weight is 552 g/mol. The van der Waals surface area contributed by atoms with E-state index in [1.165, 1.54) is 6.42 Å². The average Bonchev–Trinajstić information content (AvgIpc) is 2.89. The topological polar surface area (TPSA) is 87.7 Å². The Balaban J connectivity index is 2.37. The number of amides is 3. The highest BCUT2D eigenvalue weighted by Crippen LogP contribution is 2.26. The van der Waals surface area contributed by atoms with Gasteiger partial charge in [-0.05, 0) is 70.2 Å². The number of ether oxygens (including phenoxy) is 1. The molecule has 7 heteroatoms. The predicted molar refractivity (Wildman–Crippen MR) is 161 cm³/mol. The number of unbranched alkanes of at least 4 members (excludes halogenated alkanes) is 5. The molecular formula is C33H49N3O4. The number of nitrogens with zero attached hydrogens (tertiary/aromatic N) is 1. The van der Waals surface area contributed by atoms with Crippen molar-refractivity contribution in [3.8, 4) is 0 Å². The molecule has 0 aliphatic rings. The third-order valence-electron chi connectivity index (χ3n) is 6.86. The first kappa shape index (κ1) is 32.9. The van der Waals surface area contributed by atoms with E-state index in [0.717, 1.165) is 54.4 Å². The molecule has 2 aromatic carbocycles. The van der Waals surface area contributed by atoms with Gasteiger partial charge in [0, 0.05) is 13.1 Å². The zero-order chi connectivity index (χ0) is 29.7. The highest BCUT2D eigenvalue weighted by Gasteiger charge is 2.34. The van der Waals surface area contributed by atoms with E-state index in [1.807, 2.05) is 62.4 Å². The van der Waals surface area contributed by atoms with Gasteiger partial charge in [0.15, 0.2) is 0 Å². The van der Waals surface area contributed by atoms with Gasteiger partial charge in [0.25, 0.3) is 0 Å². The van der Waals surface area contributed by atoms with Gasteiger partial charge in [0.2, 0.25) is 11.8 Å². The largest absolute Gasteiger partial charge is 0.444 e. The molecule has 0 aliphatic carbocycles. The van der Waals surface area contributed by atoms with Gasteiger partial charge in [-0.25, -0.2) is 4.79 Å². The monoisotopic (exact) mass is 551 g/mol. The molecule has 2 rings (SSSR count). The summed E-state index contributed by atoms with van der Waals surface area (Å²) in [5, 5.41) is 5.73. The van der Waals surface area contributed by atoms with Gasteiger partial charge in [-0.3, -0.25) is 9.59 Å². The maximum absolute atomic E-state index is 13.9. The molecule has 7 nitrogen and oxygen atoms in total. The molecule has 0 fully saturated rings. The first-order valence-corrected chi connectivity index (χ1v) is 14.6. The van der Waals surface area contributed by atoms with Gasteiger partial charge in [-0.15, -0.1) is 0 Å². The Morgan fingerprint density at radius 2 is 1.55 bits per heavy atom. The zero-order valence-electron chi connectivity index (χ0n) is 25.5. The van der Waals surface area contributed by atoms with Crippen LogP contribution in [0, 0.1) is 13.8 Å². The Morgan fingerprint density at radius 3 is 2.17 bits per heavy atom. The van der Waals surface area contributed by atoms with E-state index in [0.29, 0.717) is 13.1 Å². The van der Waals surface area contributed by atoms with Crippen LogP contribution in [-0.2, 0) is 20.9 Å². The molecule has 0 heterocycles. The minimum absolute atomic E-state index is 0.254. The van der Waals surface area contributed by atoms with E-state index in [2.05, 4.69) is 17.6 Å². The first-order chi connectivity index (χ1) is 18.9. The maximum Gasteiger partial charge on any atom is 0.408 e. The normalized spacial score (nSPS) is 12.8. The highest BCUT2D eigenvalue weighted by atomic mass is 16.6. The van der Waals surface area contributed by atoms with Crippen LogP contribution >= 0.6 is 0 Å². The number of hydrogen-bond acceptors (Lipinski definition) is 4. The highest BCUT2D eigenvalue weighted by molar-refractivity contribution is 5.92. The number of aryl methyl sites for hydroxylation is 2. The van der Waals surface area contributed by atoms with E-state index >= 15 is 0 Å². The Bertz CT molecular complexity index is 1090. The fourth-order valence-electron chi connectivity index (χ4n) is 4.51. The lowest BCUT2D eigenvalue weighted by Gasteiger charge is -2.34. The number of rotatable bonds is 14. The smallest absolute Gasteiger partial charge is 0.408 e. The number of hydrogen-bond donors (Lipinski definition) is 2. The minimum atomic E-state index is -0.870. The summed E-state index contributed by atoms with van der Waals surface area (Å²) in [5.41, 5.74) is 3.19. The van der Waals surface area contributed by atoms with Gasteiger partial charge in [-0.2, -0.15) is 0 Å². The Labute approximate surface area is 241 Å². The standard InChI is InChI=1S/C33H49N3O4/c1-8-9-10-11-12-16-21-36(31(38)26(4)35-32(39)40-33(5,6)7)29(28-20-19-24(2)25(3)22-28)30(37)34-23-27-17-14-13-15-18-27/h13-15,17-20,22,26,29H,8-12,16,21,23H2,1-7H3,(H,34,37)(H,35,39). The van der Waals surface area contributed by atoms with Gasteiger partial charge in [0.1, 0.15) is 17.7 Å². The van der Waals surface area contributed by atoms with E-state index in [-0.39, 0.29) is 11.8 Å². The summed E-state index contributed by atoms with van der Waals surface area (Å²) in [6.07, 6.45) is 5.64. The van der Waals surface area contributed by atoms with E-state index < -0.39 is 23.8 Å². The Hall–Kier alpha value is -3.35. The molecule has 40 heavy (non-hydrogen) atoms. The molecule has 0 bridgehead atoms. The third-order valence-corrected chi connectivity index (χ3v) is 6.86. The fraction of sp³-hybridized carbons (Fsp3) is 0.545. The lowest BCUT2D eigenvalue weighted by molar-refractivity contribution is -0.142. The second kappa shape index (κ2) is 16.0. The molecule has 2 N–H and O–H groups in total. The lowest BCUT2D eigenvalue weighted by atomic mass is 9.98. The van der Waals surface area contributed by atoms with Crippen LogP contribution in [0.15, 0.2) is 48.5 Å². The van der Waals surface area contributed by atoms with Crippen LogP contribution in [0.4, 0.5) is 4.79 Å². The molecule has 2 aromatic rings. The molecule has 0 spiro atoms. The van der Waals surface area contributed by atoms with E-state index in [9.17, 15) is 14.4 Å². The number of alkyl carbamates (subject to hydrolysis) is 1. The second-order valence-electron chi connectivity index (χ2n) is 11.6. The molecular weight excluding hydrogens is 502 g/mol. The molecule has 220 valence electrons. The Kier molecular flexibility index (Phi) is 13.2. The molecule has 0 radical (unpaired) electrons. The van der Waals surface area contributed by atoms with Crippen LogP contribution in [0.3, 0.4) is 0 Å². The van der Waals surface area contributed by atoms with Crippen LogP contribution in [0.1, 0.15) is 101 Å². The van der Waals surface area contributed by atoms with Crippen LogP contribution in [0.5, 0.6) is 0 Å². The van der Waals surface area contributed by atoms with E-state index in [1.54, 1.807) is 32.6 Å². The van der Waals surface area contributed by atoms with Crippen molar-refractivity contribution in [2.24, 2.45) is 0 Å². The van der Waals surface area contributed by atoms with Crippen LogP contribution < -0.4 is 10.6 Å². The van der Waals surface area contributed by atoms with Crippen molar-refractivity contribution in [1.29, 1.82) is 0 Å². The molecule has 0 saturated heterocycles. The van der Waals surface area contributed by atoms with Gasteiger partial charge in [0.05, 0.1) is 0 Å². The van der Waals surface area contributed by atoms with Gasteiger partial charge < -0.3 is 20.3 Å². The lowest BCUT2D eigenvalue weighted by Crippen LogP contribution is -2.52. The maximum atomic E-state index is 13.9. The fourth-order valence-corrected chi connectivity index (χ4v) is 4.51. The predicted octanol–water partition coefficient (Wildman–Crippen LogP) is 6.76. The van der Waals surface area contributed by atoms with Crippen molar-refractivity contribution >= 4 is 17.9 Å². The Morgan fingerprint density at radius 1 is 0.900 bits per heavy atom. The van der Waals surface area contributed by atoms with Crippen molar-refractivity contribution in [2.75, 3.05) is 6.54 Å². The summed E-state index contributed by atoms with van der Waals surface area (Å²) in [6.45, 7) is 13.9. The summed E-state index contributed by atoms with van der Waals surface area (Å²) in [5.74, 6) is -0.576. The first-order valence-electron chi connectivity index (χ1n) is 14.6. The van der Waals surface area contributed by atoms with Crippen LogP contribution in [-0.4, -0.2) is 41.0 Å². The van der Waals surface area contributed by atoms with Crippen molar-refractivity contribution in [2.45, 2.75) is 111 Å². The minimum Gasteiger partial charge on any atom is -0.444 e. The summed E-state index contributed by atoms with van der Waals surface area (Å²) in [7, 11) is 0. The zero-order valence-corrected chi connectivity index (χ0v) is 25.5. The summed E-state index contributed by atoms with van der Waals surface area (Å²) in [6, 6.07) is 13.9. The third kappa shape index (κ3) is 11.0.